The van der Waals surface area contributed by atoms with Crippen molar-refractivity contribution in [1.29, 1.82) is 0 Å². The molecule has 0 saturated heterocycles. The summed E-state index contributed by atoms with van der Waals surface area (Å²) in [5.74, 6) is 0.608. The van der Waals surface area contributed by atoms with Crippen LogP contribution in [0.3, 0.4) is 0 Å². The highest BCUT2D eigenvalue weighted by molar-refractivity contribution is 7.84. The Morgan fingerprint density at radius 1 is 1.65 bits per heavy atom. The van der Waals surface area contributed by atoms with Crippen LogP contribution in [0.15, 0.2) is 6.20 Å². The third kappa shape index (κ3) is 4.61. The number of nitro groups is 1. The molecular formula is C8H11ClN4O3S. The Labute approximate surface area is 105 Å². The van der Waals surface area contributed by atoms with Gasteiger partial charge in [0.1, 0.15) is 6.20 Å². The number of aromatic nitrogens is 2. The van der Waals surface area contributed by atoms with Crippen molar-refractivity contribution in [2.24, 2.45) is 0 Å². The van der Waals surface area contributed by atoms with Gasteiger partial charge in [-0.3, -0.25) is 14.3 Å². The van der Waals surface area contributed by atoms with Gasteiger partial charge in [-0.2, -0.15) is 4.98 Å². The summed E-state index contributed by atoms with van der Waals surface area (Å²) >= 11 is 5.55. The number of hydrogen-bond acceptors (Lipinski definition) is 6. The van der Waals surface area contributed by atoms with E-state index >= 15 is 0 Å². The molecule has 0 aliphatic rings. The normalized spacial score (nSPS) is 12.1. The molecule has 1 heterocycles. The second kappa shape index (κ2) is 6.45. The number of hydrogen-bond donors (Lipinski definition) is 1. The number of nitrogens with one attached hydrogen (secondary N) is 1. The zero-order valence-electron chi connectivity index (χ0n) is 9.05. The molecule has 1 aromatic rings. The quantitative estimate of drug-likeness (QED) is 0.364. The third-order valence-corrected chi connectivity index (χ3v) is 2.88. The lowest BCUT2D eigenvalue weighted by Gasteiger charge is -2.05. The zero-order chi connectivity index (χ0) is 12.8. The molecule has 1 unspecified atom stereocenters. The second-order valence-corrected chi connectivity index (χ2v) is 5.08. The van der Waals surface area contributed by atoms with Crippen LogP contribution in [0.2, 0.25) is 5.28 Å². The second-order valence-electron chi connectivity index (χ2n) is 3.19. The van der Waals surface area contributed by atoms with Crippen LogP contribution in [-0.4, -0.2) is 37.7 Å². The molecule has 1 rings (SSSR count). The van der Waals surface area contributed by atoms with Crippen LogP contribution in [0, 0.1) is 10.1 Å². The average molecular weight is 279 g/mol. The van der Waals surface area contributed by atoms with Crippen molar-refractivity contribution >= 4 is 33.9 Å². The van der Waals surface area contributed by atoms with Crippen molar-refractivity contribution in [3.63, 3.8) is 0 Å². The summed E-state index contributed by atoms with van der Waals surface area (Å²) in [6.07, 6.45) is 3.28. The highest BCUT2D eigenvalue weighted by atomic mass is 35.5. The SMILES string of the molecule is CS(=O)CCCNc1nc(Cl)ncc1[N+](=O)[O-]. The predicted octanol–water partition coefficient (Wildman–Crippen LogP) is 1.22. The van der Waals surface area contributed by atoms with Gasteiger partial charge >= 0.3 is 5.69 Å². The van der Waals surface area contributed by atoms with Crippen molar-refractivity contribution in [2.45, 2.75) is 6.42 Å². The van der Waals surface area contributed by atoms with E-state index in [9.17, 15) is 14.3 Å². The summed E-state index contributed by atoms with van der Waals surface area (Å²) in [6.45, 7) is 0.438. The molecule has 7 nitrogen and oxygen atoms in total. The van der Waals surface area contributed by atoms with Gasteiger partial charge in [0.15, 0.2) is 0 Å². The van der Waals surface area contributed by atoms with Gasteiger partial charge in [-0.15, -0.1) is 0 Å². The molecule has 0 aliphatic carbocycles. The predicted molar refractivity (Wildman–Crippen MR) is 65.7 cm³/mol. The minimum atomic E-state index is -0.875. The van der Waals surface area contributed by atoms with Crippen LogP contribution in [-0.2, 0) is 10.8 Å². The van der Waals surface area contributed by atoms with Crippen molar-refractivity contribution in [2.75, 3.05) is 23.9 Å². The Bertz CT molecular complexity index is 443. The van der Waals surface area contributed by atoms with Crippen LogP contribution in [0.5, 0.6) is 0 Å². The molecule has 0 saturated carbocycles. The van der Waals surface area contributed by atoms with Gasteiger partial charge in [0.05, 0.1) is 4.92 Å². The van der Waals surface area contributed by atoms with E-state index in [0.29, 0.717) is 18.7 Å². The Morgan fingerprint density at radius 3 is 2.94 bits per heavy atom. The molecule has 9 heteroatoms. The molecule has 0 fully saturated rings. The molecule has 94 valence electrons. The van der Waals surface area contributed by atoms with E-state index in [-0.39, 0.29) is 16.8 Å². The van der Waals surface area contributed by atoms with Gasteiger partial charge in [-0.1, -0.05) is 0 Å². The van der Waals surface area contributed by atoms with Gasteiger partial charge in [0.2, 0.25) is 11.1 Å². The Kier molecular flexibility index (Phi) is 5.23. The fourth-order valence-electron chi connectivity index (χ4n) is 1.10. The van der Waals surface area contributed by atoms with Crippen LogP contribution in [0.25, 0.3) is 0 Å². The Balaban J connectivity index is 2.65. The lowest BCUT2D eigenvalue weighted by Crippen LogP contribution is -2.09. The van der Waals surface area contributed by atoms with Gasteiger partial charge in [0.25, 0.3) is 0 Å². The summed E-state index contributed by atoms with van der Waals surface area (Å²) in [6, 6.07) is 0. The first-order valence-electron chi connectivity index (χ1n) is 4.71. The maximum absolute atomic E-state index is 10.8. The minimum absolute atomic E-state index is 0.0582. The fraction of sp³-hybridized carbons (Fsp3) is 0.500. The molecule has 0 bridgehead atoms. The number of halogens is 1. The smallest absolute Gasteiger partial charge is 0.329 e. The first kappa shape index (κ1) is 13.8. The van der Waals surface area contributed by atoms with E-state index in [1.54, 1.807) is 6.26 Å². The van der Waals surface area contributed by atoms with Crippen molar-refractivity contribution < 1.29 is 9.13 Å². The van der Waals surface area contributed by atoms with E-state index in [2.05, 4.69) is 15.3 Å². The molecule has 0 spiro atoms. The summed E-state index contributed by atoms with van der Waals surface area (Å²) in [5, 5.41) is 13.4. The third-order valence-electron chi connectivity index (χ3n) is 1.84. The highest BCUT2D eigenvalue weighted by Gasteiger charge is 2.16. The van der Waals surface area contributed by atoms with Crippen molar-refractivity contribution in [3.05, 3.63) is 21.6 Å². The molecular weight excluding hydrogens is 268 g/mol. The first-order valence-corrected chi connectivity index (χ1v) is 6.82. The van der Waals surface area contributed by atoms with E-state index < -0.39 is 15.7 Å². The Hall–Kier alpha value is -1.28. The van der Waals surface area contributed by atoms with E-state index in [1.165, 1.54) is 0 Å². The lowest BCUT2D eigenvalue weighted by atomic mass is 10.4. The highest BCUT2D eigenvalue weighted by Crippen LogP contribution is 2.21. The number of nitrogens with zero attached hydrogens (tertiary/aromatic N) is 3. The Morgan fingerprint density at radius 2 is 2.35 bits per heavy atom. The molecule has 0 amide bonds. The van der Waals surface area contributed by atoms with E-state index in [4.69, 9.17) is 11.6 Å². The fourth-order valence-corrected chi connectivity index (χ4v) is 1.78. The van der Waals surface area contributed by atoms with Crippen molar-refractivity contribution in [1.82, 2.24) is 9.97 Å². The summed E-state index contributed by atoms with van der Waals surface area (Å²) < 4.78 is 10.8. The van der Waals surface area contributed by atoms with Crippen LogP contribution in [0.4, 0.5) is 11.5 Å². The zero-order valence-corrected chi connectivity index (χ0v) is 10.6. The van der Waals surface area contributed by atoms with Crippen molar-refractivity contribution in [3.8, 4) is 0 Å². The molecule has 1 aromatic heterocycles. The topological polar surface area (TPSA) is 98.0 Å². The standard InChI is InChI=1S/C8H11ClN4O3S/c1-17(16)4-2-3-10-7-6(13(14)15)5-11-8(9)12-7/h5H,2-4H2,1H3,(H,10,11,12). The largest absolute Gasteiger partial charge is 0.364 e. The lowest BCUT2D eigenvalue weighted by molar-refractivity contribution is -0.384. The number of anilines is 1. The average Bonchev–Trinajstić information content (AvgIpc) is 2.23. The molecule has 0 radical (unpaired) electrons. The van der Waals surface area contributed by atoms with Crippen LogP contribution < -0.4 is 5.32 Å². The van der Waals surface area contributed by atoms with E-state index in [0.717, 1.165) is 6.20 Å². The van der Waals surface area contributed by atoms with E-state index in [1.807, 2.05) is 0 Å². The van der Waals surface area contributed by atoms with Gasteiger partial charge in [-0.25, -0.2) is 4.98 Å². The minimum Gasteiger partial charge on any atom is -0.364 e. The van der Waals surface area contributed by atoms with Gasteiger partial charge in [-0.05, 0) is 18.0 Å². The maximum atomic E-state index is 10.8. The molecule has 0 aliphatic heterocycles. The first-order chi connectivity index (χ1) is 8.00. The summed E-state index contributed by atoms with van der Waals surface area (Å²) in [5.41, 5.74) is -0.230. The molecule has 1 atom stereocenters. The molecule has 1 N–H and O–H groups in total. The van der Waals surface area contributed by atoms with Gasteiger partial charge < -0.3 is 5.32 Å². The molecule has 0 aromatic carbocycles. The van der Waals surface area contributed by atoms with Gasteiger partial charge in [0, 0.05) is 29.4 Å². The number of rotatable bonds is 6. The maximum Gasteiger partial charge on any atom is 0.329 e. The molecule has 17 heavy (non-hydrogen) atoms. The monoisotopic (exact) mass is 278 g/mol. The summed E-state index contributed by atoms with van der Waals surface area (Å²) in [4.78, 5) is 17.4. The van der Waals surface area contributed by atoms with Crippen LogP contribution >= 0.6 is 11.6 Å². The summed E-state index contributed by atoms with van der Waals surface area (Å²) in [7, 11) is -0.875. The van der Waals surface area contributed by atoms with Crippen LogP contribution in [0.1, 0.15) is 6.42 Å².